The Morgan fingerprint density at radius 2 is 2.00 bits per heavy atom. The number of hydrogen-bond acceptors (Lipinski definition) is 3. The van der Waals surface area contributed by atoms with Gasteiger partial charge in [-0.25, -0.2) is 0 Å². The second kappa shape index (κ2) is 7.89. The summed E-state index contributed by atoms with van der Waals surface area (Å²) < 4.78 is 35.9. The highest BCUT2D eigenvalue weighted by Crippen LogP contribution is 2.19. The maximum absolute atomic E-state index is 12.0. The average Bonchev–Trinajstić information content (AvgIpc) is 2.20. The highest BCUT2D eigenvalue weighted by Gasteiger charge is 2.27. The fourth-order valence-corrected chi connectivity index (χ4v) is 1.17. The summed E-state index contributed by atoms with van der Waals surface area (Å²) in [7, 11) is 0. The number of aliphatic hydroxyl groups is 2. The zero-order chi connectivity index (χ0) is 12.6. The van der Waals surface area contributed by atoms with Gasteiger partial charge in [-0.1, -0.05) is 17.7 Å². The highest BCUT2D eigenvalue weighted by atomic mass is 35.5. The predicted molar refractivity (Wildman–Crippen MR) is 55.2 cm³/mol. The van der Waals surface area contributed by atoms with Gasteiger partial charge in [0.1, 0.15) is 0 Å². The molecule has 96 valence electrons. The Kier molecular flexibility index (Phi) is 7.74. The van der Waals surface area contributed by atoms with Crippen LogP contribution in [-0.4, -0.2) is 53.6 Å². The van der Waals surface area contributed by atoms with Gasteiger partial charge in [-0.3, -0.25) is 4.90 Å². The van der Waals surface area contributed by atoms with Crippen molar-refractivity contribution in [1.82, 2.24) is 4.90 Å². The molecule has 0 aliphatic carbocycles. The van der Waals surface area contributed by atoms with E-state index >= 15 is 0 Å². The Labute approximate surface area is 97.1 Å². The highest BCUT2D eigenvalue weighted by molar-refractivity contribution is 6.25. The van der Waals surface area contributed by atoms with Gasteiger partial charge in [0.15, 0.2) is 0 Å². The minimum Gasteiger partial charge on any atom is -0.394 e. The van der Waals surface area contributed by atoms with E-state index in [4.69, 9.17) is 21.8 Å². The van der Waals surface area contributed by atoms with Crippen LogP contribution in [0.15, 0.2) is 11.6 Å². The molecule has 7 heteroatoms. The van der Waals surface area contributed by atoms with Gasteiger partial charge in [0, 0.05) is 25.2 Å². The summed E-state index contributed by atoms with van der Waals surface area (Å²) in [5.41, 5.74) is 1.20. The summed E-state index contributed by atoms with van der Waals surface area (Å²) in [4.78, 5) is 1.37. The van der Waals surface area contributed by atoms with Crippen LogP contribution in [0.4, 0.5) is 13.2 Å². The Hall–Kier alpha value is -0.300. The molecule has 3 nitrogen and oxygen atoms in total. The van der Waals surface area contributed by atoms with Crippen LogP contribution in [0.2, 0.25) is 0 Å². The van der Waals surface area contributed by atoms with E-state index in [0.29, 0.717) is 0 Å². The maximum Gasteiger partial charge on any atom is 0.390 e. The molecule has 0 spiro atoms. The number of nitrogens with zero attached hydrogens (tertiary/aromatic N) is 1. The number of rotatable bonds is 7. The summed E-state index contributed by atoms with van der Waals surface area (Å²) in [6, 6.07) is 0. The third kappa shape index (κ3) is 8.96. The van der Waals surface area contributed by atoms with E-state index in [9.17, 15) is 13.2 Å². The summed E-state index contributed by atoms with van der Waals surface area (Å²) in [5, 5.41) is 17.7. The molecule has 16 heavy (non-hydrogen) atoms. The van der Waals surface area contributed by atoms with E-state index in [2.05, 4.69) is 0 Å². The van der Waals surface area contributed by atoms with Crippen LogP contribution in [0, 0.1) is 0 Å². The second-order valence-corrected chi connectivity index (χ2v) is 3.57. The predicted octanol–water partition coefficient (Wildman–Crippen LogP) is 1.35. The average molecular weight is 262 g/mol. The van der Waals surface area contributed by atoms with Crippen LogP contribution in [0.25, 0.3) is 0 Å². The Balaban J connectivity index is 4.09. The standard InChI is InChI=1S/C9H15ClF3NO2/c10-3-1-4-14(6-8(16)7-15)5-2-9(11,12)13/h1,3,8,15-16H,2,4-7H2/t8-/m0/s1. The minimum atomic E-state index is -4.23. The number of halogens is 4. The molecule has 0 aromatic carbocycles. The van der Waals surface area contributed by atoms with Crippen molar-refractivity contribution in [1.29, 1.82) is 0 Å². The maximum atomic E-state index is 12.0. The lowest BCUT2D eigenvalue weighted by Crippen LogP contribution is -2.36. The number of hydrogen-bond donors (Lipinski definition) is 2. The lowest BCUT2D eigenvalue weighted by Gasteiger charge is -2.23. The van der Waals surface area contributed by atoms with Crippen LogP contribution in [0.3, 0.4) is 0 Å². The normalized spacial score (nSPS) is 14.9. The van der Waals surface area contributed by atoms with Gasteiger partial charge in [0.05, 0.1) is 19.1 Å². The molecular weight excluding hydrogens is 247 g/mol. The molecule has 0 heterocycles. The molecule has 0 saturated carbocycles. The van der Waals surface area contributed by atoms with Gasteiger partial charge in [-0.15, -0.1) is 0 Å². The van der Waals surface area contributed by atoms with Crippen molar-refractivity contribution in [3.05, 3.63) is 11.6 Å². The zero-order valence-electron chi connectivity index (χ0n) is 8.62. The molecule has 1 atom stereocenters. The molecule has 2 N–H and O–H groups in total. The van der Waals surface area contributed by atoms with Crippen molar-refractivity contribution in [2.75, 3.05) is 26.2 Å². The smallest absolute Gasteiger partial charge is 0.390 e. The van der Waals surface area contributed by atoms with Crippen LogP contribution < -0.4 is 0 Å². The first-order chi connectivity index (χ1) is 7.39. The molecule has 0 unspecified atom stereocenters. The Morgan fingerprint density at radius 3 is 2.44 bits per heavy atom. The van der Waals surface area contributed by atoms with Gasteiger partial charge in [-0.05, 0) is 0 Å². The van der Waals surface area contributed by atoms with Gasteiger partial charge in [0.25, 0.3) is 0 Å². The topological polar surface area (TPSA) is 43.7 Å². The largest absolute Gasteiger partial charge is 0.394 e. The third-order valence-electron chi connectivity index (χ3n) is 1.84. The summed E-state index contributed by atoms with van der Waals surface area (Å²) >= 11 is 5.26. The molecule has 0 rings (SSSR count). The first kappa shape index (κ1) is 15.7. The van der Waals surface area contributed by atoms with Crippen molar-refractivity contribution in [3.63, 3.8) is 0 Å². The van der Waals surface area contributed by atoms with Gasteiger partial charge < -0.3 is 10.2 Å². The fourth-order valence-electron chi connectivity index (χ4n) is 1.09. The zero-order valence-corrected chi connectivity index (χ0v) is 9.38. The molecule has 0 bridgehead atoms. The molecule has 0 aliphatic heterocycles. The van der Waals surface area contributed by atoms with Crippen molar-refractivity contribution in [2.45, 2.75) is 18.7 Å². The van der Waals surface area contributed by atoms with E-state index in [1.165, 1.54) is 16.5 Å². The summed E-state index contributed by atoms with van der Waals surface area (Å²) in [5.74, 6) is 0. The Morgan fingerprint density at radius 1 is 1.38 bits per heavy atom. The van der Waals surface area contributed by atoms with Crippen LogP contribution >= 0.6 is 11.6 Å². The van der Waals surface area contributed by atoms with E-state index < -0.39 is 25.3 Å². The van der Waals surface area contributed by atoms with Gasteiger partial charge in [-0.2, -0.15) is 13.2 Å². The van der Waals surface area contributed by atoms with Crippen LogP contribution in [0.1, 0.15) is 6.42 Å². The van der Waals surface area contributed by atoms with Crippen molar-refractivity contribution in [3.8, 4) is 0 Å². The fraction of sp³-hybridized carbons (Fsp3) is 0.778. The lowest BCUT2D eigenvalue weighted by molar-refractivity contribution is -0.138. The molecular formula is C9H15ClF3NO2. The second-order valence-electron chi connectivity index (χ2n) is 3.32. The monoisotopic (exact) mass is 261 g/mol. The SMILES string of the molecule is OC[C@@H](O)CN(CC=CCl)CCC(F)(F)F. The van der Waals surface area contributed by atoms with E-state index in [-0.39, 0.29) is 19.6 Å². The summed E-state index contributed by atoms with van der Waals surface area (Å²) in [6.45, 7) is -0.528. The molecule has 0 fully saturated rings. The van der Waals surface area contributed by atoms with Crippen molar-refractivity contribution >= 4 is 11.6 Å². The number of aliphatic hydroxyl groups excluding tert-OH is 2. The lowest BCUT2D eigenvalue weighted by atomic mass is 10.3. The molecule has 0 amide bonds. The van der Waals surface area contributed by atoms with Crippen LogP contribution in [0.5, 0.6) is 0 Å². The Bertz CT molecular complexity index is 211. The van der Waals surface area contributed by atoms with Crippen LogP contribution in [-0.2, 0) is 0 Å². The first-order valence-electron chi connectivity index (χ1n) is 4.72. The van der Waals surface area contributed by atoms with E-state index in [1.807, 2.05) is 0 Å². The van der Waals surface area contributed by atoms with E-state index in [1.54, 1.807) is 0 Å². The number of alkyl halides is 3. The molecule has 0 aliphatic rings. The van der Waals surface area contributed by atoms with E-state index in [0.717, 1.165) is 0 Å². The van der Waals surface area contributed by atoms with Crippen molar-refractivity contribution < 1.29 is 23.4 Å². The first-order valence-corrected chi connectivity index (χ1v) is 5.16. The quantitative estimate of drug-likeness (QED) is 0.727. The van der Waals surface area contributed by atoms with Crippen molar-refractivity contribution in [2.24, 2.45) is 0 Å². The molecule has 0 aromatic heterocycles. The summed E-state index contributed by atoms with van der Waals surface area (Å²) in [6.07, 6.45) is -4.76. The molecule has 0 aromatic rings. The van der Waals surface area contributed by atoms with Gasteiger partial charge in [0.2, 0.25) is 0 Å². The molecule has 0 radical (unpaired) electrons. The molecule has 0 saturated heterocycles. The minimum absolute atomic E-state index is 0.0200. The third-order valence-corrected chi connectivity index (χ3v) is 2.02. The van der Waals surface area contributed by atoms with Gasteiger partial charge >= 0.3 is 6.18 Å².